The van der Waals surface area contributed by atoms with Crippen molar-refractivity contribution >= 4 is 11.6 Å². The van der Waals surface area contributed by atoms with Gasteiger partial charge < -0.3 is 15.4 Å². The van der Waals surface area contributed by atoms with Gasteiger partial charge in [-0.3, -0.25) is 4.79 Å². The minimum atomic E-state index is -0.498. The summed E-state index contributed by atoms with van der Waals surface area (Å²) in [7, 11) is 0. The molecule has 4 rings (SSSR count). The van der Waals surface area contributed by atoms with Crippen LogP contribution in [-0.2, 0) is 6.42 Å². The Bertz CT molecular complexity index is 1030. The summed E-state index contributed by atoms with van der Waals surface area (Å²) in [4.78, 5) is 17.8. The van der Waals surface area contributed by atoms with Gasteiger partial charge in [0.1, 0.15) is 5.75 Å². The summed E-state index contributed by atoms with van der Waals surface area (Å²) in [6, 6.07) is 18.5. The molecule has 0 spiro atoms. The Morgan fingerprint density at radius 3 is 2.72 bits per heavy atom. The zero-order chi connectivity index (χ0) is 20.4. The lowest BCUT2D eigenvalue weighted by Gasteiger charge is -2.32. The van der Waals surface area contributed by atoms with Crippen LogP contribution in [0.3, 0.4) is 0 Å². The molecule has 0 bridgehead atoms. The highest BCUT2D eigenvalue weighted by Gasteiger charge is 2.28. The molecule has 2 N–H and O–H groups in total. The van der Waals surface area contributed by atoms with Crippen LogP contribution in [0.1, 0.15) is 46.4 Å². The lowest BCUT2D eigenvalue weighted by atomic mass is 10.0. The van der Waals surface area contributed by atoms with Crippen molar-refractivity contribution in [3.63, 3.8) is 0 Å². The fourth-order valence-corrected chi connectivity index (χ4v) is 4.11. The molecule has 0 saturated heterocycles. The smallest absolute Gasteiger partial charge is 0.250 e. The van der Waals surface area contributed by atoms with Crippen molar-refractivity contribution in [2.45, 2.75) is 32.7 Å². The third-order valence-electron chi connectivity index (χ3n) is 5.55. The molecule has 0 radical (unpaired) electrons. The van der Waals surface area contributed by atoms with Crippen molar-refractivity contribution in [1.82, 2.24) is 4.98 Å². The molecular formula is C24H25N3O2. The van der Waals surface area contributed by atoms with Crippen LogP contribution in [0.4, 0.5) is 5.69 Å². The number of rotatable bonds is 6. The summed E-state index contributed by atoms with van der Waals surface area (Å²) in [5, 5.41) is 0. The number of amides is 1. The fraction of sp³-hybridized carbons (Fsp3) is 0.250. The molecule has 148 valence electrons. The maximum Gasteiger partial charge on any atom is 0.250 e. The van der Waals surface area contributed by atoms with E-state index in [0.717, 1.165) is 25.1 Å². The number of anilines is 1. The van der Waals surface area contributed by atoms with E-state index in [1.54, 1.807) is 12.1 Å². The second-order valence-electron chi connectivity index (χ2n) is 7.34. The number of nitrogens with two attached hydrogens (primary N) is 1. The van der Waals surface area contributed by atoms with Gasteiger partial charge in [-0.1, -0.05) is 24.3 Å². The molecule has 5 nitrogen and oxygen atoms in total. The number of benzene rings is 2. The van der Waals surface area contributed by atoms with Crippen LogP contribution in [0.5, 0.6) is 11.6 Å². The number of aromatic nitrogens is 1. The first-order valence-electron chi connectivity index (χ1n) is 9.95. The molecule has 1 aliphatic carbocycles. The van der Waals surface area contributed by atoms with E-state index in [4.69, 9.17) is 10.5 Å². The maximum absolute atomic E-state index is 11.2. The van der Waals surface area contributed by atoms with Gasteiger partial charge in [0.2, 0.25) is 11.8 Å². The Morgan fingerprint density at radius 2 is 2.03 bits per heavy atom. The molecule has 3 aromatic rings. The van der Waals surface area contributed by atoms with Gasteiger partial charge in [0.05, 0.1) is 11.6 Å². The largest absolute Gasteiger partial charge is 0.439 e. The predicted molar refractivity (Wildman–Crippen MR) is 115 cm³/mol. The van der Waals surface area contributed by atoms with Crippen LogP contribution in [0, 0.1) is 6.92 Å². The lowest BCUT2D eigenvalue weighted by Crippen LogP contribution is -2.27. The number of aryl methyl sites for hydroxylation is 2. The molecular weight excluding hydrogens is 362 g/mol. The zero-order valence-electron chi connectivity index (χ0n) is 16.8. The number of para-hydroxylation sites is 1. The molecule has 1 unspecified atom stereocenters. The topological polar surface area (TPSA) is 68.5 Å². The number of ether oxygens (including phenoxy) is 1. The molecule has 1 aliphatic rings. The Kier molecular flexibility index (Phi) is 5.21. The number of nitrogens with zero attached hydrogens (tertiary/aromatic N) is 2. The first kappa shape index (κ1) is 19.0. The second kappa shape index (κ2) is 7.95. The summed E-state index contributed by atoms with van der Waals surface area (Å²) >= 11 is 0. The average Bonchev–Trinajstić information content (AvgIpc) is 3.13. The molecule has 1 atom stereocenters. The molecule has 1 amide bonds. The molecule has 0 saturated carbocycles. The van der Waals surface area contributed by atoms with E-state index in [-0.39, 0.29) is 0 Å². The van der Waals surface area contributed by atoms with Crippen LogP contribution in [0.15, 0.2) is 60.8 Å². The third-order valence-corrected chi connectivity index (χ3v) is 5.55. The fourth-order valence-electron chi connectivity index (χ4n) is 4.11. The van der Waals surface area contributed by atoms with E-state index in [1.165, 1.54) is 28.6 Å². The van der Waals surface area contributed by atoms with Crippen LogP contribution in [-0.4, -0.2) is 17.4 Å². The molecule has 1 heterocycles. The number of hydrogen-bond donors (Lipinski definition) is 1. The summed E-state index contributed by atoms with van der Waals surface area (Å²) in [5.41, 5.74) is 10.9. The molecule has 5 heteroatoms. The number of pyridine rings is 1. The van der Waals surface area contributed by atoms with Crippen molar-refractivity contribution < 1.29 is 9.53 Å². The van der Waals surface area contributed by atoms with Crippen LogP contribution in [0.2, 0.25) is 0 Å². The van der Waals surface area contributed by atoms with Crippen LogP contribution >= 0.6 is 0 Å². The van der Waals surface area contributed by atoms with Crippen molar-refractivity contribution in [3.05, 3.63) is 83.0 Å². The number of fused-ring (bicyclic) bond motifs is 1. The molecule has 29 heavy (non-hydrogen) atoms. The lowest BCUT2D eigenvalue weighted by molar-refractivity contribution is 0.1000. The van der Waals surface area contributed by atoms with Crippen molar-refractivity contribution in [3.8, 4) is 11.6 Å². The van der Waals surface area contributed by atoms with E-state index < -0.39 is 5.91 Å². The number of hydrogen-bond acceptors (Lipinski definition) is 4. The van der Waals surface area contributed by atoms with E-state index in [1.807, 2.05) is 6.07 Å². The highest BCUT2D eigenvalue weighted by molar-refractivity contribution is 5.92. The summed E-state index contributed by atoms with van der Waals surface area (Å²) in [5.74, 6) is 0.698. The van der Waals surface area contributed by atoms with Crippen molar-refractivity contribution in [2.75, 3.05) is 11.4 Å². The SMILES string of the molecule is CCN(c1ccccc1C)C1CCc2cc(Oc3ccc(C(N)=O)cn3)ccc21. The Hall–Kier alpha value is -3.34. The van der Waals surface area contributed by atoms with Crippen molar-refractivity contribution in [2.24, 2.45) is 5.73 Å². The van der Waals surface area contributed by atoms with Gasteiger partial charge in [0.25, 0.3) is 0 Å². The monoisotopic (exact) mass is 387 g/mol. The predicted octanol–water partition coefficient (Wildman–Crippen LogP) is 4.80. The Morgan fingerprint density at radius 1 is 1.21 bits per heavy atom. The van der Waals surface area contributed by atoms with Crippen LogP contribution < -0.4 is 15.4 Å². The van der Waals surface area contributed by atoms with Crippen molar-refractivity contribution in [1.29, 1.82) is 0 Å². The van der Waals surface area contributed by atoms with E-state index in [9.17, 15) is 4.79 Å². The second-order valence-corrected chi connectivity index (χ2v) is 7.34. The maximum atomic E-state index is 11.2. The number of carbonyl (C=O) groups is 1. The van der Waals surface area contributed by atoms with E-state index in [2.05, 4.69) is 60.1 Å². The first-order valence-corrected chi connectivity index (χ1v) is 9.95. The van der Waals surface area contributed by atoms with Gasteiger partial charge in [-0.05, 0) is 67.6 Å². The Labute approximate surface area is 171 Å². The van der Waals surface area contributed by atoms with E-state index in [0.29, 0.717) is 17.5 Å². The third kappa shape index (κ3) is 3.81. The summed E-state index contributed by atoms with van der Waals surface area (Å²) in [6.45, 7) is 5.34. The minimum absolute atomic E-state index is 0.366. The van der Waals surface area contributed by atoms with Gasteiger partial charge in [-0.25, -0.2) is 4.98 Å². The average molecular weight is 387 g/mol. The summed E-state index contributed by atoms with van der Waals surface area (Å²) < 4.78 is 5.89. The van der Waals surface area contributed by atoms with Gasteiger partial charge in [0.15, 0.2) is 0 Å². The number of primary amides is 1. The molecule has 2 aromatic carbocycles. The zero-order valence-corrected chi connectivity index (χ0v) is 16.8. The quantitative estimate of drug-likeness (QED) is 0.660. The first-order chi connectivity index (χ1) is 14.1. The molecule has 1 aromatic heterocycles. The number of carbonyl (C=O) groups excluding carboxylic acids is 1. The summed E-state index contributed by atoms with van der Waals surface area (Å²) in [6.07, 6.45) is 3.54. The standard InChI is InChI=1S/C24H25N3O2/c1-3-27(21-7-5-4-6-16(21)2)22-12-8-17-14-19(10-11-20(17)22)29-23-13-9-18(15-26-23)24(25)28/h4-7,9-11,13-15,22H,3,8,12H2,1-2H3,(H2,25,28). The normalized spacial score (nSPS) is 15.0. The highest BCUT2D eigenvalue weighted by Crippen LogP contribution is 2.40. The van der Waals surface area contributed by atoms with Gasteiger partial charge in [-0.15, -0.1) is 0 Å². The van der Waals surface area contributed by atoms with Crippen LogP contribution in [0.25, 0.3) is 0 Å². The van der Waals surface area contributed by atoms with Gasteiger partial charge in [0, 0.05) is 24.5 Å². The van der Waals surface area contributed by atoms with E-state index >= 15 is 0 Å². The molecule has 0 aliphatic heterocycles. The minimum Gasteiger partial charge on any atom is -0.439 e. The van der Waals surface area contributed by atoms with Gasteiger partial charge >= 0.3 is 0 Å². The highest BCUT2D eigenvalue weighted by atomic mass is 16.5. The Balaban J connectivity index is 1.56. The molecule has 0 fully saturated rings. The van der Waals surface area contributed by atoms with Gasteiger partial charge in [-0.2, -0.15) is 0 Å².